The summed E-state index contributed by atoms with van der Waals surface area (Å²) in [7, 11) is 0. The van der Waals surface area contributed by atoms with Crippen LogP contribution in [0.15, 0.2) is 24.3 Å². The number of piperazine rings is 1. The van der Waals surface area contributed by atoms with Gasteiger partial charge in [0.15, 0.2) is 0 Å². The van der Waals surface area contributed by atoms with E-state index in [2.05, 4.69) is 35.8 Å². The summed E-state index contributed by atoms with van der Waals surface area (Å²) in [4.78, 5) is 33.3. The molecule has 0 aliphatic carbocycles. The van der Waals surface area contributed by atoms with Crippen molar-refractivity contribution in [3.63, 3.8) is 0 Å². The fraction of sp³-hybridized carbons (Fsp3) is 0.636. The topological polar surface area (TPSA) is 47.1 Å². The Morgan fingerprint density at radius 1 is 0.857 bits per heavy atom. The minimum absolute atomic E-state index is 0.0871. The molecule has 0 spiro atoms. The van der Waals surface area contributed by atoms with Crippen molar-refractivity contribution in [2.45, 2.75) is 34.2 Å². The van der Waals surface area contributed by atoms with Gasteiger partial charge in [-0.15, -0.1) is 0 Å². The minimum Gasteiger partial charge on any atom is -0.342 e. The van der Waals surface area contributed by atoms with Gasteiger partial charge in [0.1, 0.15) is 0 Å². The van der Waals surface area contributed by atoms with Gasteiger partial charge in [-0.25, -0.2) is 0 Å². The molecule has 2 rings (SSSR count). The molecule has 0 N–H and O–H groups in total. The fourth-order valence-corrected chi connectivity index (χ4v) is 3.62. The molecule has 1 saturated heterocycles. The fourth-order valence-electron chi connectivity index (χ4n) is 3.62. The van der Waals surface area contributed by atoms with E-state index in [0.29, 0.717) is 19.6 Å². The van der Waals surface area contributed by atoms with Crippen molar-refractivity contribution in [3.05, 3.63) is 35.4 Å². The first-order chi connectivity index (χ1) is 13.5. The molecule has 156 valence electrons. The molecule has 0 bridgehead atoms. The molecular weight excluding hydrogens is 352 g/mol. The molecule has 0 radical (unpaired) electrons. The monoisotopic (exact) mass is 388 g/mol. The summed E-state index contributed by atoms with van der Waals surface area (Å²) in [5.41, 5.74) is 1.98. The van der Waals surface area contributed by atoms with Crippen molar-refractivity contribution in [3.8, 4) is 0 Å². The third-order valence-corrected chi connectivity index (χ3v) is 5.64. The Morgan fingerprint density at radius 3 is 1.93 bits per heavy atom. The van der Waals surface area contributed by atoms with E-state index in [1.165, 1.54) is 5.56 Å². The first kappa shape index (κ1) is 22.4. The maximum Gasteiger partial charge on any atom is 0.253 e. The average Bonchev–Trinajstić information content (AvgIpc) is 2.73. The number of nitrogens with zero attached hydrogens (tertiary/aromatic N) is 4. The van der Waals surface area contributed by atoms with E-state index < -0.39 is 0 Å². The van der Waals surface area contributed by atoms with Crippen molar-refractivity contribution in [2.24, 2.45) is 0 Å². The number of hydrogen-bond acceptors (Lipinski definition) is 4. The van der Waals surface area contributed by atoms with E-state index in [1.54, 1.807) is 0 Å². The van der Waals surface area contributed by atoms with E-state index in [0.717, 1.165) is 51.4 Å². The standard InChI is InChI=1S/C22H36N4O2/c1-5-23(6-2)17-19-9-11-20(12-10-19)22(28)26-15-13-24(14-16-26)18-21(27)25(7-3)8-4/h9-12H,5-8,13-18H2,1-4H3. The van der Waals surface area contributed by atoms with Crippen LogP contribution in [0.2, 0.25) is 0 Å². The number of carbonyl (C=O) groups excluding carboxylic acids is 2. The first-order valence-electron chi connectivity index (χ1n) is 10.6. The minimum atomic E-state index is 0.0871. The number of benzene rings is 1. The maximum atomic E-state index is 12.8. The molecule has 1 fully saturated rings. The van der Waals surface area contributed by atoms with Crippen LogP contribution < -0.4 is 0 Å². The lowest BCUT2D eigenvalue weighted by molar-refractivity contribution is -0.132. The van der Waals surface area contributed by atoms with Crippen molar-refractivity contribution in [1.29, 1.82) is 0 Å². The number of likely N-dealkylation sites (N-methyl/N-ethyl adjacent to an activating group) is 1. The van der Waals surface area contributed by atoms with Gasteiger partial charge in [0.05, 0.1) is 6.54 Å². The van der Waals surface area contributed by atoms with Crippen molar-refractivity contribution in [2.75, 3.05) is 58.9 Å². The van der Waals surface area contributed by atoms with Gasteiger partial charge < -0.3 is 9.80 Å². The van der Waals surface area contributed by atoms with Crippen LogP contribution in [-0.4, -0.2) is 90.3 Å². The van der Waals surface area contributed by atoms with Gasteiger partial charge in [0, 0.05) is 51.4 Å². The van der Waals surface area contributed by atoms with Crippen LogP contribution in [0.25, 0.3) is 0 Å². The Bertz CT molecular complexity index is 616. The highest BCUT2D eigenvalue weighted by Gasteiger charge is 2.24. The SMILES string of the molecule is CCN(CC)Cc1ccc(C(=O)N2CCN(CC(=O)N(CC)CC)CC2)cc1. The molecule has 1 aliphatic heterocycles. The van der Waals surface area contributed by atoms with E-state index in [1.807, 2.05) is 35.8 Å². The molecule has 1 aromatic carbocycles. The van der Waals surface area contributed by atoms with Crippen LogP contribution >= 0.6 is 0 Å². The summed E-state index contributed by atoms with van der Waals surface area (Å²) in [6.45, 7) is 16.1. The largest absolute Gasteiger partial charge is 0.342 e. The molecule has 0 atom stereocenters. The van der Waals surface area contributed by atoms with Crippen LogP contribution in [0.1, 0.15) is 43.6 Å². The van der Waals surface area contributed by atoms with Crippen molar-refractivity contribution >= 4 is 11.8 Å². The van der Waals surface area contributed by atoms with Crippen LogP contribution in [0, 0.1) is 0 Å². The molecule has 0 unspecified atom stereocenters. The van der Waals surface area contributed by atoms with Gasteiger partial charge in [-0.3, -0.25) is 19.4 Å². The molecule has 0 aromatic heterocycles. The molecule has 1 aromatic rings. The van der Waals surface area contributed by atoms with Gasteiger partial charge in [0.2, 0.25) is 5.91 Å². The van der Waals surface area contributed by atoms with Crippen LogP contribution in [0.4, 0.5) is 0 Å². The lowest BCUT2D eigenvalue weighted by Gasteiger charge is -2.35. The smallest absolute Gasteiger partial charge is 0.253 e. The molecular formula is C22H36N4O2. The Labute approximate surface area is 170 Å². The Morgan fingerprint density at radius 2 is 1.43 bits per heavy atom. The summed E-state index contributed by atoms with van der Waals surface area (Å²) in [5.74, 6) is 0.262. The molecule has 1 heterocycles. The Kier molecular flexibility index (Phi) is 8.93. The highest BCUT2D eigenvalue weighted by molar-refractivity contribution is 5.94. The van der Waals surface area contributed by atoms with Crippen molar-refractivity contribution < 1.29 is 9.59 Å². The Balaban J connectivity index is 1.85. The number of hydrogen-bond donors (Lipinski definition) is 0. The Hall–Kier alpha value is -1.92. The first-order valence-corrected chi connectivity index (χ1v) is 10.6. The summed E-state index contributed by atoms with van der Waals surface area (Å²) < 4.78 is 0. The normalized spacial score (nSPS) is 15.1. The molecule has 0 saturated carbocycles. The number of carbonyl (C=O) groups is 2. The summed E-state index contributed by atoms with van der Waals surface area (Å²) in [6.07, 6.45) is 0. The second-order valence-corrected chi connectivity index (χ2v) is 7.29. The molecule has 6 nitrogen and oxygen atoms in total. The molecule has 6 heteroatoms. The predicted octanol–water partition coefficient (Wildman–Crippen LogP) is 2.15. The van der Waals surface area contributed by atoms with Gasteiger partial charge in [-0.2, -0.15) is 0 Å². The number of rotatable bonds is 9. The maximum absolute atomic E-state index is 12.8. The van der Waals surface area contributed by atoms with E-state index >= 15 is 0 Å². The lowest BCUT2D eigenvalue weighted by Crippen LogP contribution is -2.51. The second-order valence-electron chi connectivity index (χ2n) is 7.29. The zero-order chi connectivity index (χ0) is 20.5. The second kappa shape index (κ2) is 11.2. The molecule has 1 aliphatic rings. The van der Waals surface area contributed by atoms with Gasteiger partial charge >= 0.3 is 0 Å². The summed E-state index contributed by atoms with van der Waals surface area (Å²) in [6, 6.07) is 8.00. The van der Waals surface area contributed by atoms with E-state index in [-0.39, 0.29) is 11.8 Å². The molecule has 28 heavy (non-hydrogen) atoms. The quantitative estimate of drug-likeness (QED) is 0.650. The zero-order valence-corrected chi connectivity index (χ0v) is 18.0. The summed E-state index contributed by atoms with van der Waals surface area (Å²) in [5, 5.41) is 0. The average molecular weight is 389 g/mol. The predicted molar refractivity (Wildman–Crippen MR) is 113 cm³/mol. The van der Waals surface area contributed by atoms with E-state index in [9.17, 15) is 9.59 Å². The van der Waals surface area contributed by atoms with Gasteiger partial charge in [-0.1, -0.05) is 26.0 Å². The van der Waals surface area contributed by atoms with Crippen LogP contribution in [0.5, 0.6) is 0 Å². The van der Waals surface area contributed by atoms with Crippen molar-refractivity contribution in [1.82, 2.24) is 19.6 Å². The third-order valence-electron chi connectivity index (χ3n) is 5.64. The van der Waals surface area contributed by atoms with E-state index in [4.69, 9.17) is 0 Å². The van der Waals surface area contributed by atoms with Crippen LogP contribution in [-0.2, 0) is 11.3 Å². The van der Waals surface area contributed by atoms with Crippen LogP contribution in [0.3, 0.4) is 0 Å². The lowest BCUT2D eigenvalue weighted by atomic mass is 10.1. The van der Waals surface area contributed by atoms with Gasteiger partial charge in [-0.05, 0) is 44.6 Å². The van der Waals surface area contributed by atoms with Gasteiger partial charge in [0.25, 0.3) is 5.91 Å². The summed E-state index contributed by atoms with van der Waals surface area (Å²) >= 11 is 0. The number of amides is 2. The molecule has 2 amide bonds. The third kappa shape index (κ3) is 6.04. The zero-order valence-electron chi connectivity index (χ0n) is 18.0. The highest BCUT2D eigenvalue weighted by Crippen LogP contribution is 2.12. The highest BCUT2D eigenvalue weighted by atomic mass is 16.2.